The molecule has 0 atom stereocenters. The van der Waals surface area contributed by atoms with Crippen LogP contribution in [0.4, 0.5) is 14.5 Å². The molecule has 1 N–H and O–H groups in total. The van der Waals surface area contributed by atoms with E-state index in [1.54, 1.807) is 4.90 Å². The van der Waals surface area contributed by atoms with Crippen molar-refractivity contribution >= 4 is 27.5 Å². The predicted octanol–water partition coefficient (Wildman–Crippen LogP) is 3.15. The molecular weight excluding hydrogens is 318 g/mol. The van der Waals surface area contributed by atoms with E-state index in [-0.39, 0.29) is 22.6 Å². The van der Waals surface area contributed by atoms with E-state index in [1.807, 2.05) is 0 Å². The van der Waals surface area contributed by atoms with E-state index in [1.165, 1.54) is 0 Å². The molecule has 0 spiro atoms. The minimum absolute atomic E-state index is 0.0150. The smallest absolute Gasteiger partial charge is 0.241 e. The highest BCUT2D eigenvalue weighted by Crippen LogP contribution is 2.26. The number of nitrogens with one attached hydrogen (secondary N) is 1. The third kappa shape index (κ3) is 3.65. The first-order valence-corrected chi connectivity index (χ1v) is 7.03. The van der Waals surface area contributed by atoms with Crippen LogP contribution in [0.3, 0.4) is 0 Å². The molecule has 1 aliphatic rings. The first-order chi connectivity index (χ1) is 9.08. The lowest BCUT2D eigenvalue weighted by Gasteiger charge is -2.27. The van der Waals surface area contributed by atoms with E-state index >= 15 is 0 Å². The van der Waals surface area contributed by atoms with E-state index in [0.29, 0.717) is 0 Å². The second kappa shape index (κ2) is 6.32. The molecule has 2 rings (SSSR count). The van der Waals surface area contributed by atoms with Gasteiger partial charge >= 0.3 is 0 Å². The SMILES string of the molecule is O=C(CNc1c(F)cc(F)cc1Br)N1CCCCC1. The number of likely N-dealkylation sites (tertiary alicyclic amines) is 1. The van der Waals surface area contributed by atoms with Crippen LogP contribution in [0.25, 0.3) is 0 Å². The summed E-state index contributed by atoms with van der Waals surface area (Å²) in [5, 5.41) is 2.73. The van der Waals surface area contributed by atoms with Crippen molar-refractivity contribution in [3.8, 4) is 0 Å². The first-order valence-electron chi connectivity index (χ1n) is 6.24. The van der Waals surface area contributed by atoms with Crippen LogP contribution in [0.5, 0.6) is 0 Å². The molecule has 0 aliphatic carbocycles. The predicted molar refractivity (Wildman–Crippen MR) is 73.0 cm³/mol. The summed E-state index contributed by atoms with van der Waals surface area (Å²) < 4.78 is 26.7. The largest absolute Gasteiger partial charge is 0.373 e. The molecule has 6 heteroatoms. The van der Waals surface area contributed by atoms with E-state index < -0.39 is 11.6 Å². The summed E-state index contributed by atoms with van der Waals surface area (Å²) >= 11 is 3.08. The first kappa shape index (κ1) is 14.2. The van der Waals surface area contributed by atoms with Gasteiger partial charge in [-0.3, -0.25) is 4.79 Å². The van der Waals surface area contributed by atoms with Crippen molar-refractivity contribution in [1.29, 1.82) is 0 Å². The van der Waals surface area contributed by atoms with Gasteiger partial charge in [-0.15, -0.1) is 0 Å². The molecular formula is C13H15BrF2N2O. The average Bonchev–Trinajstić information content (AvgIpc) is 2.38. The minimum atomic E-state index is -0.710. The Balaban J connectivity index is 1.96. The topological polar surface area (TPSA) is 32.3 Å². The summed E-state index contributed by atoms with van der Waals surface area (Å²) in [6, 6.07) is 1.95. The maximum absolute atomic E-state index is 13.5. The van der Waals surface area contributed by atoms with Crippen LogP contribution < -0.4 is 5.32 Å². The Morgan fingerprint density at radius 2 is 1.95 bits per heavy atom. The summed E-state index contributed by atoms with van der Waals surface area (Å²) in [4.78, 5) is 13.7. The molecule has 104 valence electrons. The molecule has 0 radical (unpaired) electrons. The number of amides is 1. The summed E-state index contributed by atoms with van der Waals surface area (Å²) in [6.07, 6.45) is 3.18. The summed E-state index contributed by atoms with van der Waals surface area (Å²) in [6.45, 7) is 1.53. The number of benzene rings is 1. The molecule has 0 unspecified atom stereocenters. The molecule has 1 amide bonds. The molecule has 1 saturated heterocycles. The van der Waals surface area contributed by atoms with Crippen LogP contribution in [-0.2, 0) is 4.79 Å². The average molecular weight is 333 g/mol. The number of halogens is 3. The molecule has 0 aromatic heterocycles. The molecule has 1 aliphatic heterocycles. The molecule has 1 fully saturated rings. The van der Waals surface area contributed by atoms with Crippen LogP contribution in [-0.4, -0.2) is 30.4 Å². The maximum Gasteiger partial charge on any atom is 0.241 e. The number of hydrogen-bond acceptors (Lipinski definition) is 2. The molecule has 0 saturated carbocycles. The van der Waals surface area contributed by atoms with Crippen molar-refractivity contribution in [2.24, 2.45) is 0 Å². The Morgan fingerprint density at radius 3 is 2.58 bits per heavy atom. The monoisotopic (exact) mass is 332 g/mol. The third-order valence-electron chi connectivity index (χ3n) is 3.13. The van der Waals surface area contributed by atoms with Crippen molar-refractivity contribution in [2.45, 2.75) is 19.3 Å². The summed E-state index contributed by atoms with van der Waals surface area (Å²) in [7, 11) is 0. The lowest BCUT2D eigenvalue weighted by molar-refractivity contribution is -0.130. The number of hydrogen-bond donors (Lipinski definition) is 1. The number of rotatable bonds is 3. The highest BCUT2D eigenvalue weighted by molar-refractivity contribution is 9.10. The van der Waals surface area contributed by atoms with Gasteiger partial charge in [-0.1, -0.05) is 0 Å². The maximum atomic E-state index is 13.5. The number of anilines is 1. The van der Waals surface area contributed by atoms with Gasteiger partial charge in [0.25, 0.3) is 0 Å². The van der Waals surface area contributed by atoms with Gasteiger partial charge in [-0.05, 0) is 41.3 Å². The van der Waals surface area contributed by atoms with Gasteiger partial charge in [0.15, 0.2) is 0 Å². The van der Waals surface area contributed by atoms with E-state index in [9.17, 15) is 13.6 Å². The normalized spacial score (nSPS) is 15.4. The van der Waals surface area contributed by atoms with Gasteiger partial charge in [-0.25, -0.2) is 8.78 Å². The molecule has 19 heavy (non-hydrogen) atoms. The fourth-order valence-electron chi connectivity index (χ4n) is 2.13. The Bertz CT molecular complexity index is 453. The molecule has 3 nitrogen and oxygen atoms in total. The standard InChI is InChI=1S/C13H15BrF2N2O/c14-10-6-9(15)7-11(16)13(10)17-8-12(19)18-4-2-1-3-5-18/h6-7,17H,1-5,8H2. The van der Waals surface area contributed by atoms with Crippen molar-refractivity contribution in [1.82, 2.24) is 4.90 Å². The van der Waals surface area contributed by atoms with Gasteiger partial charge in [0.1, 0.15) is 11.6 Å². The second-order valence-electron chi connectivity index (χ2n) is 4.54. The third-order valence-corrected chi connectivity index (χ3v) is 3.76. The van der Waals surface area contributed by atoms with Gasteiger partial charge in [0, 0.05) is 23.6 Å². The highest BCUT2D eigenvalue weighted by atomic mass is 79.9. The molecule has 0 bridgehead atoms. The van der Waals surface area contributed by atoms with Crippen LogP contribution in [0.15, 0.2) is 16.6 Å². The summed E-state index contributed by atoms with van der Waals surface area (Å²) in [5.41, 5.74) is 0.117. The van der Waals surface area contributed by atoms with Crippen LogP contribution in [0.1, 0.15) is 19.3 Å². The lowest BCUT2D eigenvalue weighted by atomic mass is 10.1. The number of carbonyl (C=O) groups is 1. The van der Waals surface area contributed by atoms with Gasteiger partial charge < -0.3 is 10.2 Å². The van der Waals surface area contributed by atoms with Gasteiger partial charge in [0.05, 0.1) is 12.2 Å². The lowest BCUT2D eigenvalue weighted by Crippen LogP contribution is -2.39. The van der Waals surface area contributed by atoms with Crippen molar-refractivity contribution in [2.75, 3.05) is 25.0 Å². The Morgan fingerprint density at radius 1 is 1.26 bits per heavy atom. The van der Waals surface area contributed by atoms with Crippen molar-refractivity contribution in [3.05, 3.63) is 28.2 Å². The summed E-state index contributed by atoms with van der Waals surface area (Å²) in [5.74, 6) is -1.43. The molecule has 1 heterocycles. The Hall–Kier alpha value is -1.17. The number of nitrogens with zero attached hydrogens (tertiary/aromatic N) is 1. The second-order valence-corrected chi connectivity index (χ2v) is 5.39. The van der Waals surface area contributed by atoms with Gasteiger partial charge in [0.2, 0.25) is 5.91 Å². The van der Waals surface area contributed by atoms with Crippen LogP contribution in [0.2, 0.25) is 0 Å². The van der Waals surface area contributed by atoms with E-state index in [2.05, 4.69) is 21.2 Å². The molecule has 1 aromatic rings. The Kier molecular flexibility index (Phi) is 4.74. The zero-order chi connectivity index (χ0) is 13.8. The molecule has 1 aromatic carbocycles. The van der Waals surface area contributed by atoms with Crippen molar-refractivity contribution < 1.29 is 13.6 Å². The van der Waals surface area contributed by atoms with E-state index in [0.717, 1.165) is 44.5 Å². The van der Waals surface area contributed by atoms with Crippen LogP contribution in [0, 0.1) is 11.6 Å². The minimum Gasteiger partial charge on any atom is -0.373 e. The van der Waals surface area contributed by atoms with Gasteiger partial charge in [-0.2, -0.15) is 0 Å². The van der Waals surface area contributed by atoms with E-state index in [4.69, 9.17) is 0 Å². The van der Waals surface area contributed by atoms with Crippen LogP contribution >= 0.6 is 15.9 Å². The zero-order valence-electron chi connectivity index (χ0n) is 10.4. The number of piperidine rings is 1. The highest BCUT2D eigenvalue weighted by Gasteiger charge is 2.17. The zero-order valence-corrected chi connectivity index (χ0v) is 12.0. The van der Waals surface area contributed by atoms with Crippen molar-refractivity contribution in [3.63, 3.8) is 0 Å². The fourth-order valence-corrected chi connectivity index (χ4v) is 2.68. The fraction of sp³-hybridized carbons (Fsp3) is 0.462. The number of carbonyl (C=O) groups excluding carboxylic acids is 1. The Labute approximate surface area is 119 Å². The quantitative estimate of drug-likeness (QED) is 0.922.